The Morgan fingerprint density at radius 1 is 1.19 bits per heavy atom. The van der Waals surface area contributed by atoms with Gasteiger partial charge in [0.15, 0.2) is 0 Å². The molecular weight excluding hydrogens is 279 g/mol. The number of rotatable bonds is 3. The van der Waals surface area contributed by atoms with Crippen LogP contribution in [0.1, 0.15) is 13.8 Å². The van der Waals surface area contributed by atoms with E-state index in [1.807, 2.05) is 0 Å². The van der Waals surface area contributed by atoms with E-state index in [1.54, 1.807) is 19.9 Å². The topological polar surface area (TPSA) is 69.6 Å². The summed E-state index contributed by atoms with van der Waals surface area (Å²) < 4.78 is 24.2. The fraction of sp³-hybridized carbons (Fsp3) is 0.286. The third-order valence-electron chi connectivity index (χ3n) is 2.72. The first-order valence-corrected chi connectivity index (χ1v) is 6.48. The van der Waals surface area contributed by atoms with Gasteiger partial charge in [-0.25, -0.2) is 18.5 Å². The molecule has 0 aliphatic carbocycles. The molecule has 0 radical (unpaired) electrons. The number of ether oxygens (including phenoxy) is 2. The predicted octanol–water partition coefficient (Wildman–Crippen LogP) is 3.35. The lowest BCUT2D eigenvalue weighted by atomic mass is 10.2. The minimum atomic E-state index is -0.704. The van der Waals surface area contributed by atoms with Crippen LogP contribution in [0, 0.1) is 5.82 Å². The zero-order valence-corrected chi connectivity index (χ0v) is 11.7. The Hall–Kier alpha value is -2.57. The molecule has 0 aliphatic rings. The van der Waals surface area contributed by atoms with E-state index in [0.29, 0.717) is 10.9 Å². The van der Waals surface area contributed by atoms with E-state index in [-0.39, 0.29) is 19.0 Å². The van der Waals surface area contributed by atoms with Crippen molar-refractivity contribution in [2.75, 3.05) is 18.5 Å². The van der Waals surface area contributed by atoms with Gasteiger partial charge < -0.3 is 9.47 Å². The summed E-state index contributed by atoms with van der Waals surface area (Å²) in [6.07, 6.45) is -1.41. The average molecular weight is 294 g/mol. The summed E-state index contributed by atoms with van der Waals surface area (Å²) in [5, 5.41) is 3.03. The van der Waals surface area contributed by atoms with E-state index >= 15 is 0 Å². The Kier molecular flexibility index (Phi) is 4.42. The Labute approximate surface area is 120 Å². The summed E-state index contributed by atoms with van der Waals surface area (Å²) in [7, 11) is 0. The quantitative estimate of drug-likeness (QED) is 0.942. The molecular formula is C14H15FN2O4. The second-order valence-electron chi connectivity index (χ2n) is 4.11. The molecule has 7 heteroatoms. The fourth-order valence-corrected chi connectivity index (χ4v) is 1.92. The smallest absolute Gasteiger partial charge is 0.420 e. The molecule has 0 bridgehead atoms. The standard InChI is InChI=1S/C14H15FN2O4/c1-3-20-13(18)16-12-7-9-5-6-10(15)8-11(9)17(12)14(19)21-4-2/h5-8H,3-4H2,1-2H3,(H,16,18). The maximum atomic E-state index is 13.4. The van der Waals surface area contributed by atoms with Crippen molar-refractivity contribution in [1.29, 1.82) is 0 Å². The van der Waals surface area contributed by atoms with E-state index in [0.717, 1.165) is 4.57 Å². The van der Waals surface area contributed by atoms with Crippen LogP contribution in [-0.2, 0) is 9.47 Å². The van der Waals surface area contributed by atoms with Gasteiger partial charge in [-0.15, -0.1) is 0 Å². The van der Waals surface area contributed by atoms with Crippen LogP contribution in [0.2, 0.25) is 0 Å². The number of hydrogen-bond donors (Lipinski definition) is 1. The molecule has 0 unspecified atom stereocenters. The number of aromatic nitrogens is 1. The number of anilines is 1. The molecule has 0 saturated heterocycles. The molecule has 0 aliphatic heterocycles. The summed E-state index contributed by atoms with van der Waals surface area (Å²) in [5.41, 5.74) is 0.306. The van der Waals surface area contributed by atoms with Crippen molar-refractivity contribution < 1.29 is 23.5 Å². The van der Waals surface area contributed by atoms with E-state index < -0.39 is 18.0 Å². The number of carbonyl (C=O) groups excluding carboxylic acids is 2. The van der Waals surface area contributed by atoms with Gasteiger partial charge in [0, 0.05) is 5.39 Å². The lowest BCUT2D eigenvalue weighted by Crippen LogP contribution is -2.20. The molecule has 1 amide bonds. The first-order valence-electron chi connectivity index (χ1n) is 6.48. The van der Waals surface area contributed by atoms with Crippen molar-refractivity contribution in [3.05, 3.63) is 30.1 Å². The molecule has 0 fully saturated rings. The molecule has 1 N–H and O–H groups in total. The first kappa shape index (κ1) is 14.8. The van der Waals surface area contributed by atoms with Crippen molar-refractivity contribution in [3.8, 4) is 0 Å². The largest absolute Gasteiger partial charge is 0.450 e. The van der Waals surface area contributed by atoms with Crippen molar-refractivity contribution >= 4 is 28.9 Å². The SMILES string of the molecule is CCOC(=O)Nc1cc2ccc(F)cc2n1C(=O)OCC. The van der Waals surface area contributed by atoms with Gasteiger partial charge >= 0.3 is 12.2 Å². The maximum absolute atomic E-state index is 13.4. The molecule has 2 rings (SSSR count). The van der Waals surface area contributed by atoms with Crippen LogP contribution >= 0.6 is 0 Å². The highest BCUT2D eigenvalue weighted by Crippen LogP contribution is 2.25. The third kappa shape index (κ3) is 3.13. The summed E-state index contributed by atoms with van der Waals surface area (Å²) in [4.78, 5) is 23.5. The van der Waals surface area contributed by atoms with E-state index in [9.17, 15) is 14.0 Å². The van der Waals surface area contributed by atoms with Crippen molar-refractivity contribution in [2.24, 2.45) is 0 Å². The number of carbonyl (C=O) groups is 2. The lowest BCUT2D eigenvalue weighted by molar-refractivity contribution is 0.155. The van der Waals surface area contributed by atoms with Crippen LogP contribution in [0.3, 0.4) is 0 Å². The van der Waals surface area contributed by atoms with E-state index in [1.165, 1.54) is 18.2 Å². The highest BCUT2D eigenvalue weighted by molar-refractivity contribution is 5.98. The molecule has 0 atom stereocenters. The van der Waals surface area contributed by atoms with Crippen LogP contribution in [-0.4, -0.2) is 30.0 Å². The number of hydrogen-bond acceptors (Lipinski definition) is 4. The monoisotopic (exact) mass is 294 g/mol. The number of amides is 1. The van der Waals surface area contributed by atoms with Crippen molar-refractivity contribution in [1.82, 2.24) is 4.57 Å². The number of fused-ring (bicyclic) bond motifs is 1. The molecule has 1 aromatic heterocycles. The van der Waals surface area contributed by atoms with Gasteiger partial charge in [0.1, 0.15) is 11.6 Å². The minimum absolute atomic E-state index is 0.159. The highest BCUT2D eigenvalue weighted by atomic mass is 19.1. The van der Waals surface area contributed by atoms with Gasteiger partial charge in [-0.3, -0.25) is 5.32 Å². The van der Waals surface area contributed by atoms with Gasteiger partial charge in [-0.1, -0.05) is 0 Å². The van der Waals surface area contributed by atoms with Crippen LogP contribution in [0.5, 0.6) is 0 Å². The number of halogens is 1. The number of nitrogens with zero attached hydrogens (tertiary/aromatic N) is 1. The summed E-state index contributed by atoms with van der Waals surface area (Å²) in [6.45, 7) is 3.67. The first-order chi connectivity index (χ1) is 10.1. The zero-order valence-electron chi connectivity index (χ0n) is 11.7. The summed E-state index contributed by atoms with van der Waals surface area (Å²) in [6, 6.07) is 5.52. The molecule has 1 aromatic carbocycles. The predicted molar refractivity (Wildman–Crippen MR) is 75.0 cm³/mol. The average Bonchev–Trinajstić information content (AvgIpc) is 2.76. The molecule has 112 valence electrons. The summed E-state index contributed by atoms with van der Waals surface area (Å²) in [5.74, 6) is -0.332. The molecule has 2 aromatic rings. The Bertz CT molecular complexity index is 681. The van der Waals surface area contributed by atoms with Crippen LogP contribution < -0.4 is 5.32 Å². The van der Waals surface area contributed by atoms with Crippen LogP contribution in [0.15, 0.2) is 24.3 Å². The number of benzene rings is 1. The summed E-state index contributed by atoms with van der Waals surface area (Å²) >= 11 is 0. The van der Waals surface area contributed by atoms with Gasteiger partial charge in [-0.05, 0) is 38.1 Å². The van der Waals surface area contributed by atoms with E-state index in [2.05, 4.69) is 5.32 Å². The maximum Gasteiger partial charge on any atom is 0.420 e. The second kappa shape index (κ2) is 6.25. The Balaban J connectivity index is 2.49. The lowest BCUT2D eigenvalue weighted by Gasteiger charge is -2.10. The molecule has 0 saturated carbocycles. The fourth-order valence-electron chi connectivity index (χ4n) is 1.92. The third-order valence-corrected chi connectivity index (χ3v) is 2.72. The van der Waals surface area contributed by atoms with Gasteiger partial charge in [0.05, 0.1) is 18.7 Å². The van der Waals surface area contributed by atoms with Gasteiger partial charge in [0.25, 0.3) is 0 Å². The Morgan fingerprint density at radius 2 is 1.90 bits per heavy atom. The normalized spacial score (nSPS) is 10.4. The molecule has 1 heterocycles. The Morgan fingerprint density at radius 3 is 2.57 bits per heavy atom. The van der Waals surface area contributed by atoms with E-state index in [4.69, 9.17) is 9.47 Å². The van der Waals surface area contributed by atoms with Gasteiger partial charge in [0.2, 0.25) is 0 Å². The molecule has 21 heavy (non-hydrogen) atoms. The number of nitrogens with one attached hydrogen (secondary N) is 1. The second-order valence-corrected chi connectivity index (χ2v) is 4.11. The van der Waals surface area contributed by atoms with Crippen LogP contribution in [0.25, 0.3) is 10.9 Å². The highest BCUT2D eigenvalue weighted by Gasteiger charge is 2.18. The minimum Gasteiger partial charge on any atom is -0.450 e. The molecule has 6 nitrogen and oxygen atoms in total. The zero-order chi connectivity index (χ0) is 15.4. The van der Waals surface area contributed by atoms with Gasteiger partial charge in [-0.2, -0.15) is 0 Å². The molecule has 0 spiro atoms. The van der Waals surface area contributed by atoms with Crippen molar-refractivity contribution in [3.63, 3.8) is 0 Å². The van der Waals surface area contributed by atoms with Crippen LogP contribution in [0.4, 0.5) is 19.8 Å². The van der Waals surface area contributed by atoms with Crippen molar-refractivity contribution in [2.45, 2.75) is 13.8 Å².